The largest absolute Gasteiger partial charge is 0.543 e. The highest BCUT2D eigenvalue weighted by Gasteiger charge is 2.39. The van der Waals surface area contributed by atoms with Gasteiger partial charge in [0.25, 0.3) is 8.32 Å². The minimum Gasteiger partial charge on any atom is -0.543 e. The first-order chi connectivity index (χ1) is 8.17. The first-order valence-corrected chi connectivity index (χ1v) is 9.54. The molecule has 1 aromatic carbocycles. The molecule has 0 aliphatic rings. The summed E-state index contributed by atoms with van der Waals surface area (Å²) in [6.07, 6.45) is 0.625. The molecule has 0 spiro atoms. The molecular formula is C14H23ClO2Si. The molecule has 2 nitrogen and oxygen atoms in total. The summed E-state index contributed by atoms with van der Waals surface area (Å²) in [5.41, 5.74) is 1.03. The maximum Gasteiger partial charge on any atom is 0.250 e. The summed E-state index contributed by atoms with van der Waals surface area (Å²) < 4.78 is 6.17. The van der Waals surface area contributed by atoms with Crippen molar-refractivity contribution in [2.24, 2.45) is 0 Å². The Kier molecular flexibility index (Phi) is 4.87. The number of hydrogen-bond acceptors (Lipinski definition) is 2. The van der Waals surface area contributed by atoms with Crippen molar-refractivity contribution in [1.29, 1.82) is 0 Å². The van der Waals surface area contributed by atoms with Gasteiger partial charge in [-0.2, -0.15) is 0 Å². The lowest BCUT2D eigenvalue weighted by atomic mass is 10.1. The van der Waals surface area contributed by atoms with Crippen LogP contribution in [0.1, 0.15) is 26.3 Å². The van der Waals surface area contributed by atoms with Crippen molar-refractivity contribution in [3.8, 4) is 5.75 Å². The Bertz CT molecular complexity index is 411. The number of aliphatic hydroxyl groups excluding tert-OH is 1. The fourth-order valence-corrected chi connectivity index (χ4v) is 2.68. The second-order valence-electron chi connectivity index (χ2n) is 6.10. The molecule has 1 N–H and O–H groups in total. The quantitative estimate of drug-likeness (QED) is 0.838. The van der Waals surface area contributed by atoms with E-state index in [1.165, 1.54) is 0 Å². The van der Waals surface area contributed by atoms with Crippen LogP contribution in [0.15, 0.2) is 18.2 Å². The summed E-state index contributed by atoms with van der Waals surface area (Å²) in [5.74, 6) is 0.755. The molecule has 4 heteroatoms. The van der Waals surface area contributed by atoms with Crippen molar-refractivity contribution in [2.45, 2.75) is 45.3 Å². The third-order valence-electron chi connectivity index (χ3n) is 3.57. The van der Waals surface area contributed by atoms with Crippen LogP contribution in [0.3, 0.4) is 0 Å². The number of rotatable bonds is 4. The fraction of sp³-hybridized carbons (Fsp3) is 0.571. The first-order valence-electron chi connectivity index (χ1n) is 6.26. The van der Waals surface area contributed by atoms with Crippen LogP contribution in [0.5, 0.6) is 5.75 Å². The molecule has 0 aliphatic heterocycles. The maximum absolute atomic E-state index is 8.91. The summed E-state index contributed by atoms with van der Waals surface area (Å²) in [6, 6.07) is 5.75. The van der Waals surface area contributed by atoms with Gasteiger partial charge in [-0.15, -0.1) is 0 Å². The summed E-state index contributed by atoms with van der Waals surface area (Å²) in [6.45, 7) is 11.1. The van der Waals surface area contributed by atoms with Gasteiger partial charge in [-0.1, -0.05) is 38.4 Å². The summed E-state index contributed by atoms with van der Waals surface area (Å²) in [4.78, 5) is 0. The Morgan fingerprint density at radius 3 is 2.33 bits per heavy atom. The average molecular weight is 287 g/mol. The highest BCUT2D eigenvalue weighted by atomic mass is 35.5. The van der Waals surface area contributed by atoms with Crippen molar-refractivity contribution in [1.82, 2.24) is 0 Å². The van der Waals surface area contributed by atoms with Crippen molar-refractivity contribution in [3.63, 3.8) is 0 Å². The molecule has 0 atom stereocenters. The van der Waals surface area contributed by atoms with Crippen LogP contribution in [0.4, 0.5) is 0 Å². The number of hydrogen-bond donors (Lipinski definition) is 1. The van der Waals surface area contributed by atoms with Crippen LogP contribution in [-0.2, 0) is 6.42 Å². The van der Waals surface area contributed by atoms with Gasteiger partial charge in [0.1, 0.15) is 5.75 Å². The van der Waals surface area contributed by atoms with E-state index in [0.29, 0.717) is 11.4 Å². The Balaban J connectivity index is 2.92. The molecule has 1 aromatic rings. The first kappa shape index (κ1) is 15.5. The third-order valence-corrected chi connectivity index (χ3v) is 8.21. The number of halogens is 1. The maximum atomic E-state index is 8.91. The monoisotopic (exact) mass is 286 g/mol. The molecule has 18 heavy (non-hydrogen) atoms. The Hall–Kier alpha value is -0.513. The van der Waals surface area contributed by atoms with E-state index in [2.05, 4.69) is 33.9 Å². The second-order valence-corrected chi connectivity index (χ2v) is 11.2. The van der Waals surface area contributed by atoms with Crippen LogP contribution in [0.2, 0.25) is 23.2 Å². The van der Waals surface area contributed by atoms with E-state index in [-0.39, 0.29) is 11.6 Å². The van der Waals surface area contributed by atoms with Gasteiger partial charge in [0, 0.05) is 6.61 Å². The van der Waals surface area contributed by atoms with E-state index in [9.17, 15) is 0 Å². The van der Waals surface area contributed by atoms with Gasteiger partial charge >= 0.3 is 0 Å². The lowest BCUT2D eigenvalue weighted by Gasteiger charge is -2.36. The summed E-state index contributed by atoms with van der Waals surface area (Å²) in [5, 5.41) is 9.69. The van der Waals surface area contributed by atoms with Crippen molar-refractivity contribution >= 4 is 19.9 Å². The van der Waals surface area contributed by atoms with Gasteiger partial charge < -0.3 is 9.53 Å². The predicted octanol–water partition coefficient (Wildman–Crippen LogP) is 4.26. The van der Waals surface area contributed by atoms with Gasteiger partial charge in [0.2, 0.25) is 0 Å². The molecule has 0 bridgehead atoms. The zero-order valence-corrected chi connectivity index (χ0v) is 13.6. The molecule has 1 rings (SSSR count). The Morgan fingerprint density at radius 1 is 1.28 bits per heavy atom. The van der Waals surface area contributed by atoms with Gasteiger partial charge in [-0.05, 0) is 42.2 Å². The number of benzene rings is 1. The minimum absolute atomic E-state index is 0.138. The highest BCUT2D eigenvalue weighted by molar-refractivity contribution is 6.74. The normalized spacial score (nSPS) is 12.6. The molecule has 102 valence electrons. The van der Waals surface area contributed by atoms with E-state index in [0.717, 1.165) is 11.3 Å². The van der Waals surface area contributed by atoms with Gasteiger partial charge in [0.05, 0.1) is 5.02 Å². The average Bonchev–Trinajstić information content (AvgIpc) is 2.21. The minimum atomic E-state index is -1.85. The van der Waals surface area contributed by atoms with E-state index >= 15 is 0 Å². The van der Waals surface area contributed by atoms with Crippen LogP contribution >= 0.6 is 11.6 Å². The van der Waals surface area contributed by atoms with Crippen molar-refractivity contribution in [3.05, 3.63) is 28.8 Å². The molecule has 0 amide bonds. The Morgan fingerprint density at radius 2 is 1.89 bits per heavy atom. The van der Waals surface area contributed by atoms with Gasteiger partial charge in [-0.3, -0.25) is 0 Å². The van der Waals surface area contributed by atoms with E-state index in [1.54, 1.807) is 0 Å². The van der Waals surface area contributed by atoms with E-state index in [1.807, 2.05) is 18.2 Å². The molecule has 0 saturated carbocycles. The molecule has 0 aliphatic carbocycles. The molecule has 0 fully saturated rings. The lowest BCUT2D eigenvalue weighted by molar-refractivity contribution is 0.299. The number of aliphatic hydroxyl groups is 1. The lowest BCUT2D eigenvalue weighted by Crippen LogP contribution is -2.43. The van der Waals surface area contributed by atoms with E-state index < -0.39 is 8.32 Å². The zero-order valence-electron chi connectivity index (χ0n) is 11.9. The SMILES string of the molecule is CC(C)(C)[Si](C)(C)Oc1ccc(CCO)cc1Cl. The van der Waals surface area contributed by atoms with Gasteiger partial charge in [-0.25, -0.2) is 0 Å². The standard InChI is InChI=1S/C14H23ClO2Si/c1-14(2,3)18(4,5)17-13-7-6-11(8-9-16)10-12(13)15/h6-7,10,16H,8-9H2,1-5H3. The van der Waals surface area contributed by atoms with Crippen molar-refractivity contribution in [2.75, 3.05) is 6.61 Å². The predicted molar refractivity (Wildman–Crippen MR) is 80.1 cm³/mol. The van der Waals surface area contributed by atoms with Crippen LogP contribution in [-0.4, -0.2) is 20.0 Å². The highest BCUT2D eigenvalue weighted by Crippen LogP contribution is 2.39. The van der Waals surface area contributed by atoms with Crippen LogP contribution in [0.25, 0.3) is 0 Å². The molecule has 0 unspecified atom stereocenters. The molecular weight excluding hydrogens is 264 g/mol. The fourth-order valence-electron chi connectivity index (χ4n) is 1.34. The van der Waals surface area contributed by atoms with Crippen molar-refractivity contribution < 1.29 is 9.53 Å². The Labute approximate surface area is 116 Å². The van der Waals surface area contributed by atoms with Crippen LogP contribution in [0, 0.1) is 0 Å². The molecule has 0 heterocycles. The summed E-state index contributed by atoms with van der Waals surface area (Å²) in [7, 11) is -1.85. The molecule has 0 saturated heterocycles. The smallest absolute Gasteiger partial charge is 0.250 e. The molecule has 0 aromatic heterocycles. The van der Waals surface area contributed by atoms with Crippen LogP contribution < -0.4 is 4.43 Å². The zero-order chi connectivity index (χ0) is 14.0. The second kappa shape index (κ2) is 5.64. The summed E-state index contributed by atoms with van der Waals surface area (Å²) >= 11 is 6.24. The van der Waals surface area contributed by atoms with E-state index in [4.69, 9.17) is 21.1 Å². The topological polar surface area (TPSA) is 29.5 Å². The third kappa shape index (κ3) is 3.74. The molecule has 0 radical (unpaired) electrons. The van der Waals surface area contributed by atoms with Gasteiger partial charge in [0.15, 0.2) is 0 Å².